The van der Waals surface area contributed by atoms with E-state index in [9.17, 15) is 18.8 Å². The van der Waals surface area contributed by atoms with Gasteiger partial charge in [0.25, 0.3) is 5.91 Å². The Morgan fingerprint density at radius 1 is 1.28 bits per heavy atom. The number of carbonyl (C=O) groups excluding carboxylic acids is 1. The van der Waals surface area contributed by atoms with Crippen LogP contribution in [0.15, 0.2) is 42.0 Å². The van der Waals surface area contributed by atoms with E-state index in [-0.39, 0.29) is 5.56 Å². The van der Waals surface area contributed by atoms with E-state index in [1.165, 1.54) is 13.0 Å². The number of aryl methyl sites for hydroxylation is 1. The molecule has 1 atom stereocenters. The summed E-state index contributed by atoms with van der Waals surface area (Å²) < 4.78 is 27.9. The van der Waals surface area contributed by atoms with Crippen molar-refractivity contribution in [3.05, 3.63) is 75.3 Å². The molecule has 128 valence electrons. The molecule has 0 heterocycles. The van der Waals surface area contributed by atoms with Crippen molar-refractivity contribution in [1.29, 1.82) is 5.26 Å². The Labute approximate surface area is 149 Å². The quantitative estimate of drug-likeness (QED) is 0.634. The summed E-state index contributed by atoms with van der Waals surface area (Å²) in [5.41, 5.74) is 0.0666. The maximum Gasteiger partial charge on any atom is 0.262 e. The zero-order chi connectivity index (χ0) is 18.6. The second-order valence-electron chi connectivity index (χ2n) is 5.48. The molecule has 3 nitrogen and oxygen atoms in total. The van der Waals surface area contributed by atoms with E-state index < -0.39 is 34.7 Å². The Hall–Kier alpha value is -2.71. The highest BCUT2D eigenvalue weighted by Gasteiger charge is 2.18. The summed E-state index contributed by atoms with van der Waals surface area (Å²) >= 11 is 6.07. The average Bonchev–Trinajstić information content (AvgIpc) is 2.58. The number of rotatable bonds is 4. The minimum Gasteiger partial charge on any atom is -0.345 e. The fourth-order valence-corrected chi connectivity index (χ4v) is 2.58. The van der Waals surface area contributed by atoms with Gasteiger partial charge in [-0.1, -0.05) is 35.9 Å². The molecule has 6 heteroatoms. The molecule has 1 N–H and O–H groups in total. The molecule has 0 fully saturated rings. The van der Waals surface area contributed by atoms with E-state index in [2.05, 4.69) is 5.32 Å². The van der Waals surface area contributed by atoms with Crippen LogP contribution in [-0.2, 0) is 4.79 Å². The lowest BCUT2D eigenvalue weighted by molar-refractivity contribution is -0.117. The fraction of sp³-hybridized carbons (Fsp3) is 0.158. The molecule has 2 rings (SSSR count). The van der Waals surface area contributed by atoms with Crippen molar-refractivity contribution in [1.82, 2.24) is 5.32 Å². The third-order valence-electron chi connectivity index (χ3n) is 3.69. The highest BCUT2D eigenvalue weighted by molar-refractivity contribution is 6.31. The van der Waals surface area contributed by atoms with E-state index in [1.54, 1.807) is 37.3 Å². The zero-order valence-electron chi connectivity index (χ0n) is 13.6. The van der Waals surface area contributed by atoms with Gasteiger partial charge in [-0.3, -0.25) is 4.79 Å². The Balaban J connectivity index is 2.30. The molecule has 0 aromatic heterocycles. The number of nitrogens with zero attached hydrogens (tertiary/aromatic N) is 1. The standard InChI is InChI=1S/C19H15ClF2N2O/c1-11-7-8-17(21)15(18(11)22)9-13(10-23)19(25)24-12(2)14-5-3-4-6-16(14)20/h3-9,12H,1-2H3,(H,24,25)/t12-/m0/s1. The number of amides is 1. The van der Waals surface area contributed by atoms with Crippen molar-refractivity contribution < 1.29 is 13.6 Å². The van der Waals surface area contributed by atoms with E-state index in [1.807, 2.05) is 0 Å². The Morgan fingerprint density at radius 2 is 1.96 bits per heavy atom. The van der Waals surface area contributed by atoms with Crippen LogP contribution in [0.4, 0.5) is 8.78 Å². The Bertz CT molecular complexity index is 887. The van der Waals surface area contributed by atoms with E-state index in [0.717, 1.165) is 12.1 Å². The van der Waals surface area contributed by atoms with Gasteiger partial charge in [0.05, 0.1) is 6.04 Å². The van der Waals surface area contributed by atoms with Crippen LogP contribution in [0.5, 0.6) is 0 Å². The summed E-state index contributed by atoms with van der Waals surface area (Å²) in [6.45, 7) is 3.17. The van der Waals surface area contributed by atoms with Gasteiger partial charge >= 0.3 is 0 Å². The van der Waals surface area contributed by atoms with Crippen LogP contribution in [0.25, 0.3) is 6.08 Å². The molecule has 1 amide bonds. The predicted octanol–water partition coefficient (Wildman–Crippen LogP) is 4.71. The van der Waals surface area contributed by atoms with Crippen molar-refractivity contribution in [2.45, 2.75) is 19.9 Å². The van der Waals surface area contributed by atoms with E-state index in [0.29, 0.717) is 10.6 Å². The lowest BCUT2D eigenvalue weighted by atomic mass is 10.1. The van der Waals surface area contributed by atoms with E-state index >= 15 is 0 Å². The van der Waals surface area contributed by atoms with Crippen molar-refractivity contribution in [3.8, 4) is 6.07 Å². The van der Waals surface area contributed by atoms with Gasteiger partial charge in [0, 0.05) is 10.6 Å². The molecule has 0 radical (unpaired) electrons. The number of nitrogens with one attached hydrogen (secondary N) is 1. The highest BCUT2D eigenvalue weighted by atomic mass is 35.5. The summed E-state index contributed by atoms with van der Waals surface area (Å²) in [7, 11) is 0. The number of benzene rings is 2. The smallest absolute Gasteiger partial charge is 0.262 e. The van der Waals surface area contributed by atoms with Crippen LogP contribution in [0.1, 0.15) is 29.7 Å². The van der Waals surface area contributed by atoms with Gasteiger partial charge in [-0.25, -0.2) is 8.78 Å². The van der Waals surface area contributed by atoms with Crippen LogP contribution in [-0.4, -0.2) is 5.91 Å². The molecule has 0 saturated heterocycles. The van der Waals surface area contributed by atoms with E-state index in [4.69, 9.17) is 11.6 Å². The summed E-state index contributed by atoms with van der Waals surface area (Å²) in [6, 6.07) is 10.5. The third kappa shape index (κ3) is 4.23. The van der Waals surface area contributed by atoms with Crippen LogP contribution < -0.4 is 5.32 Å². The highest BCUT2D eigenvalue weighted by Crippen LogP contribution is 2.23. The summed E-state index contributed by atoms with van der Waals surface area (Å²) in [4.78, 5) is 12.3. The first-order chi connectivity index (χ1) is 11.8. The Kier molecular flexibility index (Phi) is 5.89. The molecule has 0 unspecified atom stereocenters. The molecule has 25 heavy (non-hydrogen) atoms. The van der Waals surface area contributed by atoms with Crippen LogP contribution in [0.3, 0.4) is 0 Å². The summed E-state index contributed by atoms with van der Waals surface area (Å²) in [6.07, 6.45) is 0.909. The van der Waals surface area contributed by atoms with Gasteiger partial charge in [-0.15, -0.1) is 0 Å². The number of nitriles is 1. The largest absolute Gasteiger partial charge is 0.345 e. The first-order valence-electron chi connectivity index (χ1n) is 7.46. The molecule has 0 aliphatic heterocycles. The molecule has 2 aromatic carbocycles. The van der Waals surface area contributed by atoms with Crippen molar-refractivity contribution in [2.24, 2.45) is 0 Å². The summed E-state index contributed by atoms with van der Waals surface area (Å²) in [5.74, 6) is -2.39. The zero-order valence-corrected chi connectivity index (χ0v) is 14.4. The predicted molar refractivity (Wildman–Crippen MR) is 92.7 cm³/mol. The minimum absolute atomic E-state index is 0.217. The van der Waals surface area contributed by atoms with Crippen LogP contribution in [0, 0.1) is 29.9 Å². The lowest BCUT2D eigenvalue weighted by Crippen LogP contribution is -2.27. The monoisotopic (exact) mass is 360 g/mol. The molecule has 2 aromatic rings. The molecular formula is C19H15ClF2N2O. The van der Waals surface area contributed by atoms with Crippen molar-refractivity contribution in [3.63, 3.8) is 0 Å². The van der Waals surface area contributed by atoms with Gasteiger partial charge in [0.2, 0.25) is 0 Å². The van der Waals surface area contributed by atoms with Crippen molar-refractivity contribution >= 4 is 23.6 Å². The third-order valence-corrected chi connectivity index (χ3v) is 4.04. The Morgan fingerprint density at radius 3 is 2.60 bits per heavy atom. The molecule has 0 saturated carbocycles. The number of hydrogen-bond donors (Lipinski definition) is 1. The average molecular weight is 361 g/mol. The van der Waals surface area contributed by atoms with Crippen molar-refractivity contribution in [2.75, 3.05) is 0 Å². The molecule has 0 spiro atoms. The van der Waals surface area contributed by atoms with Gasteiger partial charge < -0.3 is 5.32 Å². The van der Waals surface area contributed by atoms with Crippen LogP contribution >= 0.6 is 11.6 Å². The molecule has 0 bridgehead atoms. The van der Waals surface area contributed by atoms with Crippen LogP contribution in [0.2, 0.25) is 5.02 Å². The SMILES string of the molecule is Cc1ccc(F)c(C=C(C#N)C(=O)N[C@@H](C)c2ccccc2Cl)c1F. The van der Waals surface area contributed by atoms with Gasteiger partial charge in [-0.05, 0) is 43.2 Å². The second kappa shape index (κ2) is 7.91. The molecule has 0 aliphatic rings. The summed E-state index contributed by atoms with van der Waals surface area (Å²) in [5, 5.41) is 12.3. The molecular weight excluding hydrogens is 346 g/mol. The van der Waals surface area contributed by atoms with Gasteiger partial charge in [-0.2, -0.15) is 5.26 Å². The normalized spacial score (nSPS) is 12.4. The maximum atomic E-state index is 14.1. The van der Waals surface area contributed by atoms with Gasteiger partial charge in [0.15, 0.2) is 0 Å². The minimum atomic E-state index is -0.845. The maximum absolute atomic E-state index is 14.1. The van der Waals surface area contributed by atoms with Gasteiger partial charge in [0.1, 0.15) is 23.3 Å². The number of halogens is 3. The molecule has 0 aliphatic carbocycles. The number of hydrogen-bond acceptors (Lipinski definition) is 2. The topological polar surface area (TPSA) is 52.9 Å². The fourth-order valence-electron chi connectivity index (χ4n) is 2.28. The number of carbonyl (C=O) groups is 1. The first-order valence-corrected chi connectivity index (χ1v) is 7.84. The second-order valence-corrected chi connectivity index (χ2v) is 5.89. The first kappa shape index (κ1) is 18.6. The lowest BCUT2D eigenvalue weighted by Gasteiger charge is -2.15.